The summed E-state index contributed by atoms with van der Waals surface area (Å²) >= 11 is 0. The van der Waals surface area contributed by atoms with Gasteiger partial charge in [-0.3, -0.25) is 4.79 Å². The fourth-order valence-corrected chi connectivity index (χ4v) is 3.19. The van der Waals surface area contributed by atoms with Gasteiger partial charge in [0.15, 0.2) is 6.61 Å². The first kappa shape index (κ1) is 18.0. The number of carbonyl (C=O) groups is 2. The van der Waals surface area contributed by atoms with E-state index in [4.69, 9.17) is 9.47 Å². The molecule has 2 aromatic carbocycles. The summed E-state index contributed by atoms with van der Waals surface area (Å²) in [4.78, 5) is 24.4. The lowest BCUT2D eigenvalue weighted by Gasteiger charge is -2.40. The average Bonchev–Trinajstić information content (AvgIpc) is 2.61. The molecular weight excluding hydrogens is 330 g/mol. The number of hydrogen-bond donors (Lipinski definition) is 1. The smallest absolute Gasteiger partial charge is 0.344 e. The van der Waals surface area contributed by atoms with Gasteiger partial charge in [0.05, 0.1) is 12.0 Å². The molecule has 0 radical (unpaired) electrons. The highest BCUT2D eigenvalue weighted by Crippen LogP contribution is 2.44. The lowest BCUT2D eigenvalue weighted by molar-refractivity contribution is -0.145. The van der Waals surface area contributed by atoms with Crippen molar-refractivity contribution in [2.24, 2.45) is 0 Å². The monoisotopic (exact) mass is 353 g/mol. The second kappa shape index (κ2) is 8.04. The zero-order valence-corrected chi connectivity index (χ0v) is 14.9. The zero-order valence-electron chi connectivity index (χ0n) is 14.9. The molecule has 0 bridgehead atoms. The highest BCUT2D eigenvalue weighted by molar-refractivity contribution is 6.00. The average molecular weight is 353 g/mol. The number of rotatable bonds is 7. The van der Waals surface area contributed by atoms with E-state index in [1.807, 2.05) is 36.4 Å². The Labute approximate surface area is 153 Å². The maximum atomic E-state index is 13.0. The summed E-state index contributed by atoms with van der Waals surface area (Å²) in [7, 11) is 0. The molecule has 2 aromatic rings. The Morgan fingerprint density at radius 2 is 1.85 bits per heavy atom. The van der Waals surface area contributed by atoms with Crippen molar-refractivity contribution in [1.82, 2.24) is 0 Å². The fraction of sp³-hybridized carbons (Fsp3) is 0.333. The van der Waals surface area contributed by atoms with Gasteiger partial charge in [-0.25, -0.2) is 4.79 Å². The molecule has 136 valence electrons. The Balaban J connectivity index is 1.68. The van der Waals surface area contributed by atoms with E-state index in [1.165, 1.54) is 0 Å². The van der Waals surface area contributed by atoms with E-state index >= 15 is 0 Å². The first-order valence-corrected chi connectivity index (χ1v) is 8.89. The van der Waals surface area contributed by atoms with Gasteiger partial charge in [0, 0.05) is 11.8 Å². The molecule has 0 atom stereocenters. The molecular formula is C21H23NO4. The first-order valence-electron chi connectivity index (χ1n) is 8.89. The van der Waals surface area contributed by atoms with Crippen LogP contribution in [0.3, 0.4) is 0 Å². The number of anilines is 1. The molecule has 1 N–H and O–H groups in total. The molecule has 1 amide bonds. The minimum Gasteiger partial charge on any atom is -0.482 e. The maximum Gasteiger partial charge on any atom is 0.344 e. The highest BCUT2D eigenvalue weighted by atomic mass is 16.6. The first-order chi connectivity index (χ1) is 12.6. The van der Waals surface area contributed by atoms with Crippen LogP contribution in [0.15, 0.2) is 54.6 Å². The summed E-state index contributed by atoms with van der Waals surface area (Å²) in [5.74, 6) is 0.0927. The molecule has 0 spiro atoms. The van der Waals surface area contributed by atoms with Crippen molar-refractivity contribution >= 4 is 17.6 Å². The number of esters is 1. The van der Waals surface area contributed by atoms with Crippen molar-refractivity contribution in [3.05, 3.63) is 60.2 Å². The lowest BCUT2D eigenvalue weighted by Crippen LogP contribution is -2.45. The predicted molar refractivity (Wildman–Crippen MR) is 99.2 cm³/mol. The number of carbonyl (C=O) groups excluding carboxylic acids is 2. The van der Waals surface area contributed by atoms with Crippen molar-refractivity contribution in [2.75, 3.05) is 18.5 Å². The van der Waals surface area contributed by atoms with E-state index in [9.17, 15) is 9.59 Å². The molecule has 1 aliphatic carbocycles. The van der Waals surface area contributed by atoms with Crippen molar-refractivity contribution < 1.29 is 19.1 Å². The Morgan fingerprint density at radius 1 is 1.08 bits per heavy atom. The Bertz CT molecular complexity index is 769. The number of ether oxygens (including phenoxy) is 2. The molecule has 26 heavy (non-hydrogen) atoms. The van der Waals surface area contributed by atoms with E-state index in [0.717, 1.165) is 24.8 Å². The van der Waals surface area contributed by atoms with Crippen LogP contribution in [0.1, 0.15) is 31.7 Å². The SMILES string of the molecule is CCOC(=O)COc1cccc(NC(=O)C2(c3ccccc3)CCC2)c1. The van der Waals surface area contributed by atoms with Crippen LogP contribution in [0, 0.1) is 0 Å². The van der Waals surface area contributed by atoms with Crippen molar-refractivity contribution in [3.63, 3.8) is 0 Å². The standard InChI is InChI=1S/C21H23NO4/c1-2-25-19(23)15-26-18-11-6-10-17(14-18)22-20(24)21(12-7-13-21)16-8-4-3-5-9-16/h3-6,8-11,14H,2,7,12-13,15H2,1H3,(H,22,24). The molecule has 0 aromatic heterocycles. The van der Waals surface area contributed by atoms with Crippen LogP contribution in [0.4, 0.5) is 5.69 Å². The number of hydrogen-bond acceptors (Lipinski definition) is 4. The van der Waals surface area contributed by atoms with Crippen LogP contribution in [0.25, 0.3) is 0 Å². The van der Waals surface area contributed by atoms with Crippen LogP contribution < -0.4 is 10.1 Å². The molecule has 5 heteroatoms. The molecule has 0 saturated heterocycles. The molecule has 3 rings (SSSR count). The van der Waals surface area contributed by atoms with Crippen LogP contribution in [-0.4, -0.2) is 25.1 Å². The molecule has 0 aliphatic heterocycles. The Morgan fingerprint density at radius 3 is 2.50 bits per heavy atom. The van der Waals surface area contributed by atoms with Crippen molar-refractivity contribution in [1.29, 1.82) is 0 Å². The minimum absolute atomic E-state index is 0.00232. The second-order valence-corrected chi connectivity index (χ2v) is 6.38. The van der Waals surface area contributed by atoms with Gasteiger partial charge in [-0.1, -0.05) is 42.8 Å². The quantitative estimate of drug-likeness (QED) is 0.771. The molecule has 0 unspecified atom stereocenters. The van der Waals surface area contributed by atoms with Gasteiger partial charge in [0.1, 0.15) is 5.75 Å². The van der Waals surface area contributed by atoms with Crippen LogP contribution in [0.5, 0.6) is 5.75 Å². The zero-order chi connectivity index (χ0) is 18.4. The maximum absolute atomic E-state index is 13.0. The topological polar surface area (TPSA) is 64.6 Å². The van der Waals surface area contributed by atoms with Gasteiger partial charge in [-0.2, -0.15) is 0 Å². The summed E-state index contributed by atoms with van der Waals surface area (Å²) in [5.41, 5.74) is 1.25. The van der Waals surface area contributed by atoms with Crippen LogP contribution in [0.2, 0.25) is 0 Å². The number of nitrogens with one attached hydrogen (secondary N) is 1. The fourth-order valence-electron chi connectivity index (χ4n) is 3.19. The predicted octanol–water partition coefficient (Wildman–Crippen LogP) is 3.69. The summed E-state index contributed by atoms with van der Waals surface area (Å²) in [6, 6.07) is 17.0. The van der Waals surface area contributed by atoms with E-state index < -0.39 is 11.4 Å². The summed E-state index contributed by atoms with van der Waals surface area (Å²) < 4.78 is 10.3. The van der Waals surface area contributed by atoms with E-state index in [0.29, 0.717) is 18.0 Å². The van der Waals surface area contributed by atoms with Gasteiger partial charge in [-0.15, -0.1) is 0 Å². The third kappa shape index (κ3) is 3.87. The van der Waals surface area contributed by atoms with Crippen LogP contribution in [-0.2, 0) is 19.7 Å². The van der Waals surface area contributed by atoms with E-state index in [-0.39, 0.29) is 12.5 Å². The van der Waals surface area contributed by atoms with Crippen molar-refractivity contribution in [3.8, 4) is 5.75 Å². The van der Waals surface area contributed by atoms with Gasteiger partial charge >= 0.3 is 5.97 Å². The Kier molecular flexibility index (Phi) is 5.56. The second-order valence-electron chi connectivity index (χ2n) is 6.38. The third-order valence-corrected chi connectivity index (χ3v) is 4.72. The lowest BCUT2D eigenvalue weighted by atomic mass is 9.64. The molecule has 1 saturated carbocycles. The Hall–Kier alpha value is -2.82. The molecule has 1 aliphatic rings. The van der Waals surface area contributed by atoms with E-state index in [2.05, 4.69) is 5.32 Å². The van der Waals surface area contributed by atoms with E-state index in [1.54, 1.807) is 25.1 Å². The minimum atomic E-state index is -0.455. The van der Waals surface area contributed by atoms with Gasteiger partial charge < -0.3 is 14.8 Å². The highest BCUT2D eigenvalue weighted by Gasteiger charge is 2.45. The normalized spacial score (nSPS) is 14.8. The third-order valence-electron chi connectivity index (χ3n) is 4.72. The summed E-state index contributed by atoms with van der Waals surface area (Å²) in [5, 5.41) is 3.00. The van der Waals surface area contributed by atoms with Gasteiger partial charge in [0.2, 0.25) is 5.91 Å². The van der Waals surface area contributed by atoms with Crippen molar-refractivity contribution in [2.45, 2.75) is 31.6 Å². The molecule has 0 heterocycles. The molecule has 1 fully saturated rings. The number of amides is 1. The van der Waals surface area contributed by atoms with Gasteiger partial charge in [0.25, 0.3) is 0 Å². The summed E-state index contributed by atoms with van der Waals surface area (Å²) in [6.07, 6.45) is 2.74. The number of benzene rings is 2. The van der Waals surface area contributed by atoms with Crippen LogP contribution >= 0.6 is 0 Å². The largest absolute Gasteiger partial charge is 0.482 e. The van der Waals surface area contributed by atoms with Gasteiger partial charge in [-0.05, 0) is 37.5 Å². The summed E-state index contributed by atoms with van der Waals surface area (Å²) in [6.45, 7) is 1.91. The molecule has 5 nitrogen and oxygen atoms in total.